The van der Waals surface area contributed by atoms with Crippen molar-refractivity contribution >= 4 is 180 Å². The second kappa shape index (κ2) is 21.0. The van der Waals surface area contributed by atoms with Gasteiger partial charge in [0.05, 0.1) is 28.4 Å². The van der Waals surface area contributed by atoms with Crippen molar-refractivity contribution in [2.45, 2.75) is 0 Å². The van der Waals surface area contributed by atoms with E-state index in [-0.39, 0.29) is 13.4 Å². The third-order valence-corrected chi connectivity index (χ3v) is 20.1. The largest absolute Gasteiger partial charge is 0.468 e. The highest BCUT2D eigenvalue weighted by Gasteiger charge is 2.51. The Morgan fingerprint density at radius 3 is 1.07 bits per heavy atom. The number of anilines is 18. The molecule has 4 aliphatic rings. The molecule has 0 saturated carbocycles. The molecule has 10 heteroatoms. The Morgan fingerprint density at radius 1 is 0.283 bits per heavy atom. The van der Waals surface area contributed by atoms with Gasteiger partial charge in [0.1, 0.15) is 5.58 Å². The van der Waals surface area contributed by atoms with Crippen LogP contribution in [0.4, 0.5) is 102 Å². The molecule has 0 aliphatic carbocycles. The van der Waals surface area contributed by atoms with Crippen LogP contribution in [-0.4, -0.2) is 13.4 Å². The van der Waals surface area contributed by atoms with Gasteiger partial charge in [-0.3, -0.25) is 0 Å². The Balaban J connectivity index is 0.960. The van der Waals surface area contributed by atoms with E-state index >= 15 is 0 Å². The minimum absolute atomic E-state index is 0.196. The SMILES string of the molecule is c1ccc(N(c2ccccc2)c2cc3c4c(c2)N(c2ccccc2)c2c(oc5ccccc25)B4c2cc4c(cc2N3c2ccccc2)B2c3sc5ccccc5c3N(c3ccccc3)c3cc(N(c5ccccc5)c5ccccc5)cc(c32)N4c2ccccc2)cc1. The van der Waals surface area contributed by atoms with Crippen molar-refractivity contribution in [3.63, 3.8) is 0 Å². The number of thiophene rings is 1. The number of rotatable bonds is 10. The molecule has 0 fully saturated rings. The van der Waals surface area contributed by atoms with Gasteiger partial charge in [-0.25, -0.2) is 0 Å². The van der Waals surface area contributed by atoms with Crippen LogP contribution >= 0.6 is 11.3 Å². The Bertz CT molecular complexity index is 4920. The van der Waals surface area contributed by atoms with E-state index in [0.29, 0.717) is 0 Å². The molecule has 0 amide bonds. The molecule has 0 bridgehead atoms. The summed E-state index contributed by atoms with van der Waals surface area (Å²) in [4.78, 5) is 15.0. The van der Waals surface area contributed by atoms with Crippen LogP contribution < -0.4 is 61.7 Å². The highest BCUT2D eigenvalue weighted by atomic mass is 32.1. The average Bonchev–Trinajstić information content (AvgIpc) is 1.16. The molecule has 92 heavy (non-hydrogen) atoms. The van der Waals surface area contributed by atoms with E-state index in [2.05, 4.69) is 357 Å². The monoisotopic (exact) mass is 1190 g/mol. The first-order chi connectivity index (χ1) is 45.7. The minimum Gasteiger partial charge on any atom is -0.468 e. The number of hydrogen-bond acceptors (Lipinski definition) is 8. The fourth-order valence-corrected chi connectivity index (χ4v) is 16.5. The van der Waals surface area contributed by atoms with Crippen molar-refractivity contribution < 1.29 is 4.42 Å². The molecule has 7 nitrogen and oxygen atoms in total. The predicted molar refractivity (Wildman–Crippen MR) is 389 cm³/mol. The van der Waals surface area contributed by atoms with Gasteiger partial charge in [0, 0.05) is 99.9 Å². The van der Waals surface area contributed by atoms with Crippen LogP contribution in [0.3, 0.4) is 0 Å². The lowest BCUT2D eigenvalue weighted by Crippen LogP contribution is -2.64. The van der Waals surface area contributed by atoms with Gasteiger partial charge in [0.25, 0.3) is 13.4 Å². The molecule has 4 aliphatic heterocycles. The van der Waals surface area contributed by atoms with E-state index in [1.54, 1.807) is 0 Å². The van der Waals surface area contributed by atoms with Crippen molar-refractivity contribution in [3.8, 4) is 0 Å². The lowest BCUT2D eigenvalue weighted by Gasteiger charge is -2.46. The van der Waals surface area contributed by atoms with Crippen LogP contribution in [0, 0.1) is 0 Å². The topological polar surface area (TPSA) is 32.6 Å². The zero-order chi connectivity index (χ0) is 60.4. The highest BCUT2D eigenvalue weighted by molar-refractivity contribution is 7.33. The molecule has 6 heterocycles. The Morgan fingerprint density at radius 2 is 0.620 bits per heavy atom. The summed E-state index contributed by atoms with van der Waals surface area (Å²) in [5, 5.41) is 2.28. The fourth-order valence-electron chi connectivity index (χ4n) is 15.2. The van der Waals surface area contributed by atoms with Crippen LogP contribution in [0.5, 0.6) is 0 Å². The molecular weight excluding hydrogens is 1140 g/mol. The van der Waals surface area contributed by atoms with Crippen LogP contribution in [-0.2, 0) is 0 Å². The first kappa shape index (κ1) is 52.2. The molecule has 0 saturated heterocycles. The second-order valence-electron chi connectivity index (χ2n) is 24.0. The van der Waals surface area contributed by atoms with Gasteiger partial charge in [0.2, 0.25) is 0 Å². The summed E-state index contributed by atoms with van der Waals surface area (Å²) >= 11 is 1.92. The molecule has 0 atom stereocenters. The van der Waals surface area contributed by atoms with Crippen molar-refractivity contribution in [2.75, 3.05) is 29.4 Å². The summed E-state index contributed by atoms with van der Waals surface area (Å²) < 4.78 is 10.1. The van der Waals surface area contributed by atoms with Gasteiger partial charge >= 0.3 is 0 Å². The Labute approximate surface area is 538 Å². The van der Waals surface area contributed by atoms with Crippen molar-refractivity contribution in [3.05, 3.63) is 328 Å². The maximum atomic E-state index is 7.55. The van der Waals surface area contributed by atoms with Crippen LogP contribution in [0.15, 0.2) is 332 Å². The lowest BCUT2D eigenvalue weighted by atomic mass is 9.33. The summed E-state index contributed by atoms with van der Waals surface area (Å²) in [7, 11) is 0. The first-order valence-corrected chi connectivity index (χ1v) is 32.3. The number of para-hydroxylation sites is 9. The third-order valence-electron chi connectivity index (χ3n) is 18.9. The number of hydrogen-bond donors (Lipinski definition) is 0. The number of benzene rings is 13. The predicted octanol–water partition coefficient (Wildman–Crippen LogP) is 18.8. The third kappa shape index (κ3) is 7.97. The quantitative estimate of drug-likeness (QED) is 0.126. The standard InChI is InChI=1S/C82H54B2N6OS/c1-9-29-55(30-10-1)85(56-31-11-2-12-32-56)63-49-71-77-73(51-63)89(61-41-21-7-22-42-61)79-65-45-25-27-47-75(65)91-81(79)83(77)67-53-70-68(54-69(67)87(71)59-37-17-5-18-38-59)84-78-72(88(70)60-39-19-6-20-40-60)50-64(86(57-33-13-3-14-34-57)58-35-15-4-16-36-58)52-74(78)90(62-43-23-8-24-44-62)80-66-46-26-28-48-76(66)92-82(80)84/h1-54H. The van der Waals surface area contributed by atoms with Gasteiger partial charge < -0.3 is 33.8 Å². The minimum atomic E-state index is -0.356. The maximum Gasteiger partial charge on any atom is 0.297 e. The lowest BCUT2D eigenvalue weighted by molar-refractivity contribution is 0.651. The molecule has 15 aromatic rings. The molecule has 0 spiro atoms. The molecule has 19 rings (SSSR count). The van der Waals surface area contributed by atoms with E-state index in [1.165, 1.54) is 31.5 Å². The van der Waals surface area contributed by atoms with E-state index in [0.717, 1.165) is 124 Å². The summed E-state index contributed by atoms with van der Waals surface area (Å²) in [6.07, 6.45) is 0. The zero-order valence-corrected chi connectivity index (χ0v) is 50.6. The van der Waals surface area contributed by atoms with E-state index in [4.69, 9.17) is 4.42 Å². The molecule has 0 radical (unpaired) electrons. The van der Waals surface area contributed by atoms with Crippen LogP contribution in [0.2, 0.25) is 0 Å². The van der Waals surface area contributed by atoms with E-state index < -0.39 is 0 Å². The van der Waals surface area contributed by atoms with Crippen molar-refractivity contribution in [2.24, 2.45) is 0 Å². The van der Waals surface area contributed by atoms with E-state index in [9.17, 15) is 0 Å². The first-order valence-electron chi connectivity index (χ1n) is 31.5. The van der Waals surface area contributed by atoms with Crippen molar-refractivity contribution in [1.82, 2.24) is 0 Å². The van der Waals surface area contributed by atoms with Gasteiger partial charge in [-0.2, -0.15) is 0 Å². The molecule has 0 N–H and O–H groups in total. The average molecular weight is 1190 g/mol. The number of fused-ring (bicyclic) bond motifs is 12. The van der Waals surface area contributed by atoms with Crippen LogP contribution in [0.1, 0.15) is 0 Å². The number of nitrogens with zero attached hydrogens (tertiary/aromatic N) is 6. The van der Waals surface area contributed by atoms with Gasteiger partial charge in [-0.05, 0) is 174 Å². The highest BCUT2D eigenvalue weighted by Crippen LogP contribution is 2.54. The summed E-state index contributed by atoms with van der Waals surface area (Å²) in [5.74, 6) is 0. The maximum absolute atomic E-state index is 7.55. The van der Waals surface area contributed by atoms with Gasteiger partial charge in [-0.1, -0.05) is 176 Å². The molecule has 2 aromatic heterocycles. The summed E-state index contributed by atoms with van der Waals surface area (Å²) in [5.41, 5.74) is 26.0. The normalized spacial score (nSPS) is 13.1. The molecule has 430 valence electrons. The zero-order valence-electron chi connectivity index (χ0n) is 49.8. The van der Waals surface area contributed by atoms with E-state index in [1.807, 2.05) is 11.3 Å². The van der Waals surface area contributed by atoms with Gasteiger partial charge in [-0.15, -0.1) is 11.3 Å². The van der Waals surface area contributed by atoms with Crippen molar-refractivity contribution in [1.29, 1.82) is 0 Å². The Kier molecular flexibility index (Phi) is 11.9. The summed E-state index contributed by atoms with van der Waals surface area (Å²) in [6, 6.07) is 120. The summed E-state index contributed by atoms with van der Waals surface area (Å²) in [6.45, 7) is -0.552. The van der Waals surface area contributed by atoms with Gasteiger partial charge in [0.15, 0.2) is 0 Å². The fraction of sp³-hybridized carbons (Fsp3) is 0. The van der Waals surface area contributed by atoms with Crippen LogP contribution in [0.25, 0.3) is 21.1 Å². The number of furan rings is 1. The molecule has 0 unspecified atom stereocenters. The smallest absolute Gasteiger partial charge is 0.297 e. The Hall–Kier alpha value is -11.7. The molecular formula is C82H54B2N6OS. The molecule has 13 aromatic carbocycles. The second-order valence-corrected chi connectivity index (χ2v) is 25.0.